The molecule has 138 valence electrons. The molecule has 0 unspecified atom stereocenters. The van der Waals surface area contributed by atoms with Gasteiger partial charge < -0.3 is 9.84 Å². The maximum Gasteiger partial charge on any atom is 0.415 e. The van der Waals surface area contributed by atoms with Gasteiger partial charge in [0.05, 0.1) is 5.69 Å². The predicted octanol–water partition coefficient (Wildman–Crippen LogP) is 4.26. The molecule has 1 aliphatic carbocycles. The average Bonchev–Trinajstić information content (AvgIpc) is 3.15. The lowest BCUT2D eigenvalue weighted by Gasteiger charge is -2.41. The zero-order valence-electron chi connectivity index (χ0n) is 15.0. The van der Waals surface area contributed by atoms with Gasteiger partial charge in [0.25, 0.3) is 0 Å². The number of ether oxygens (including phenoxy) is 1. The minimum Gasteiger partial charge on any atom is -0.480 e. The van der Waals surface area contributed by atoms with Crippen LogP contribution in [0.3, 0.4) is 0 Å². The highest BCUT2D eigenvalue weighted by molar-refractivity contribution is 5.97. The summed E-state index contributed by atoms with van der Waals surface area (Å²) in [5, 5.41) is 9.89. The van der Waals surface area contributed by atoms with Crippen molar-refractivity contribution >= 4 is 17.7 Å². The van der Waals surface area contributed by atoms with Crippen LogP contribution in [0.15, 0.2) is 60.7 Å². The van der Waals surface area contributed by atoms with Crippen molar-refractivity contribution in [3.05, 3.63) is 77.4 Å². The molecule has 2 aromatic rings. The summed E-state index contributed by atoms with van der Waals surface area (Å²) < 4.78 is 5.49. The molecule has 1 amide bonds. The Labute approximate surface area is 157 Å². The van der Waals surface area contributed by atoms with Crippen LogP contribution in [0.2, 0.25) is 0 Å². The van der Waals surface area contributed by atoms with Crippen LogP contribution in [0.4, 0.5) is 10.5 Å². The molecule has 0 bridgehead atoms. The SMILES string of the molecule is Cc1ccc2c(c1)[C@H]1C=CC[C@H]1[C@@H](C(=O)O)N2C(=O)OCc1ccccc1. The smallest absolute Gasteiger partial charge is 0.415 e. The van der Waals surface area contributed by atoms with Gasteiger partial charge in [-0.2, -0.15) is 0 Å². The summed E-state index contributed by atoms with van der Waals surface area (Å²) in [7, 11) is 0. The molecule has 5 heteroatoms. The topological polar surface area (TPSA) is 66.8 Å². The van der Waals surface area contributed by atoms with Crippen molar-refractivity contribution < 1.29 is 19.4 Å². The highest BCUT2D eigenvalue weighted by atomic mass is 16.6. The van der Waals surface area contributed by atoms with Crippen molar-refractivity contribution in [3.63, 3.8) is 0 Å². The number of amides is 1. The first-order valence-electron chi connectivity index (χ1n) is 9.06. The molecule has 2 aromatic carbocycles. The van der Waals surface area contributed by atoms with Crippen molar-refractivity contribution in [2.24, 2.45) is 5.92 Å². The fraction of sp³-hybridized carbons (Fsp3) is 0.273. The molecule has 2 aliphatic rings. The number of carbonyl (C=O) groups excluding carboxylic acids is 1. The van der Waals surface area contributed by atoms with E-state index >= 15 is 0 Å². The molecule has 0 saturated carbocycles. The maximum atomic E-state index is 12.9. The van der Waals surface area contributed by atoms with E-state index in [-0.39, 0.29) is 18.4 Å². The molecular weight excluding hydrogens is 342 g/mol. The normalized spacial score (nSPS) is 22.9. The third kappa shape index (κ3) is 3.10. The summed E-state index contributed by atoms with van der Waals surface area (Å²) in [6.45, 7) is 2.10. The Balaban J connectivity index is 1.69. The minimum absolute atomic E-state index is 0.0131. The molecule has 1 aliphatic heterocycles. The first-order valence-corrected chi connectivity index (χ1v) is 9.06. The lowest BCUT2D eigenvalue weighted by atomic mass is 9.78. The zero-order chi connectivity index (χ0) is 19.0. The lowest BCUT2D eigenvalue weighted by Crippen LogP contribution is -2.53. The Kier molecular flexibility index (Phi) is 4.44. The average molecular weight is 363 g/mol. The van der Waals surface area contributed by atoms with Crippen LogP contribution in [0.5, 0.6) is 0 Å². The van der Waals surface area contributed by atoms with Crippen molar-refractivity contribution in [2.75, 3.05) is 4.90 Å². The third-order valence-electron chi connectivity index (χ3n) is 5.35. The van der Waals surface area contributed by atoms with Crippen LogP contribution in [0.25, 0.3) is 0 Å². The molecule has 1 N–H and O–H groups in total. The molecule has 3 atom stereocenters. The lowest BCUT2D eigenvalue weighted by molar-refractivity contribution is -0.140. The number of carboxylic acids is 1. The number of anilines is 1. The van der Waals surface area contributed by atoms with E-state index in [1.165, 1.54) is 4.90 Å². The largest absolute Gasteiger partial charge is 0.480 e. The first-order chi connectivity index (χ1) is 13.1. The Morgan fingerprint density at radius 2 is 1.96 bits per heavy atom. The Morgan fingerprint density at radius 3 is 2.70 bits per heavy atom. The second-order valence-corrected chi connectivity index (χ2v) is 7.11. The van der Waals surface area contributed by atoms with E-state index in [2.05, 4.69) is 6.08 Å². The Hall–Kier alpha value is -3.08. The number of hydrogen-bond acceptors (Lipinski definition) is 3. The van der Waals surface area contributed by atoms with Crippen molar-refractivity contribution in [1.82, 2.24) is 0 Å². The van der Waals surface area contributed by atoms with Crippen LogP contribution in [-0.4, -0.2) is 23.2 Å². The van der Waals surface area contributed by atoms with Crippen LogP contribution in [0.1, 0.15) is 29.0 Å². The highest BCUT2D eigenvalue weighted by Gasteiger charge is 2.48. The summed E-state index contributed by atoms with van der Waals surface area (Å²) in [6.07, 6.45) is 4.08. The summed E-state index contributed by atoms with van der Waals surface area (Å²) in [5.74, 6) is -1.17. The van der Waals surface area contributed by atoms with E-state index in [1.54, 1.807) is 0 Å². The number of allylic oxidation sites excluding steroid dienone is 2. The first kappa shape index (κ1) is 17.3. The predicted molar refractivity (Wildman–Crippen MR) is 102 cm³/mol. The van der Waals surface area contributed by atoms with E-state index in [4.69, 9.17) is 4.74 Å². The second kappa shape index (κ2) is 6.91. The highest BCUT2D eigenvalue weighted by Crippen LogP contribution is 2.48. The number of rotatable bonds is 3. The van der Waals surface area contributed by atoms with Gasteiger partial charge in [0.2, 0.25) is 0 Å². The summed E-state index contributed by atoms with van der Waals surface area (Å²) >= 11 is 0. The number of aliphatic carboxylic acids is 1. The van der Waals surface area contributed by atoms with Crippen LogP contribution in [0, 0.1) is 12.8 Å². The summed E-state index contributed by atoms with van der Waals surface area (Å²) in [6, 6.07) is 14.2. The van der Waals surface area contributed by atoms with Crippen LogP contribution < -0.4 is 4.90 Å². The van der Waals surface area contributed by atoms with E-state index in [9.17, 15) is 14.7 Å². The number of benzene rings is 2. The van der Waals surface area contributed by atoms with Gasteiger partial charge in [0.1, 0.15) is 12.6 Å². The Bertz CT molecular complexity index is 906. The van der Waals surface area contributed by atoms with Gasteiger partial charge in [0, 0.05) is 11.8 Å². The van der Waals surface area contributed by atoms with Gasteiger partial charge in [-0.1, -0.05) is 60.2 Å². The van der Waals surface area contributed by atoms with Gasteiger partial charge in [-0.15, -0.1) is 0 Å². The van der Waals surface area contributed by atoms with Crippen molar-refractivity contribution in [2.45, 2.75) is 31.9 Å². The molecule has 0 saturated heterocycles. The number of aryl methyl sites for hydroxylation is 1. The fourth-order valence-corrected chi connectivity index (χ4v) is 4.13. The van der Waals surface area contributed by atoms with Crippen molar-refractivity contribution in [1.29, 1.82) is 0 Å². The fourth-order valence-electron chi connectivity index (χ4n) is 4.13. The molecule has 0 fully saturated rings. The maximum absolute atomic E-state index is 12.9. The minimum atomic E-state index is -1.00. The third-order valence-corrected chi connectivity index (χ3v) is 5.35. The molecule has 5 nitrogen and oxygen atoms in total. The van der Waals surface area contributed by atoms with E-state index in [0.717, 1.165) is 16.7 Å². The van der Waals surface area contributed by atoms with Gasteiger partial charge >= 0.3 is 12.1 Å². The summed E-state index contributed by atoms with van der Waals surface area (Å²) in [5.41, 5.74) is 3.56. The molecule has 4 rings (SSSR count). The van der Waals surface area contributed by atoms with Crippen LogP contribution >= 0.6 is 0 Å². The molecule has 1 heterocycles. The standard InChI is InChI=1S/C22H21NO4/c1-14-10-11-19-18(12-14)16-8-5-9-17(16)20(21(24)25)23(19)22(26)27-13-15-6-3-2-4-7-15/h2-8,10-12,16-17,20H,9,13H2,1H3,(H,24,25)/t16-,17+,20-/m0/s1. The molecule has 0 radical (unpaired) electrons. The number of nitrogens with zero attached hydrogens (tertiary/aromatic N) is 1. The number of carboxylic acid groups (broad SMARTS) is 1. The monoisotopic (exact) mass is 363 g/mol. The van der Waals surface area contributed by atoms with Gasteiger partial charge in [-0.25, -0.2) is 9.59 Å². The number of fused-ring (bicyclic) bond motifs is 3. The van der Waals surface area contributed by atoms with Crippen molar-refractivity contribution in [3.8, 4) is 0 Å². The van der Waals surface area contributed by atoms with Gasteiger partial charge in [-0.05, 0) is 30.5 Å². The molecule has 0 aromatic heterocycles. The quantitative estimate of drug-likeness (QED) is 0.827. The van der Waals surface area contributed by atoms with Gasteiger partial charge in [-0.3, -0.25) is 4.90 Å². The van der Waals surface area contributed by atoms with E-state index < -0.39 is 18.1 Å². The van der Waals surface area contributed by atoms with E-state index in [1.807, 2.05) is 61.5 Å². The molecule has 0 spiro atoms. The zero-order valence-corrected chi connectivity index (χ0v) is 15.0. The molecule has 27 heavy (non-hydrogen) atoms. The second-order valence-electron chi connectivity index (χ2n) is 7.11. The van der Waals surface area contributed by atoms with E-state index in [0.29, 0.717) is 12.1 Å². The van der Waals surface area contributed by atoms with Crippen LogP contribution in [-0.2, 0) is 16.1 Å². The summed E-state index contributed by atoms with van der Waals surface area (Å²) in [4.78, 5) is 26.4. The van der Waals surface area contributed by atoms with Gasteiger partial charge in [0.15, 0.2) is 0 Å². The number of carbonyl (C=O) groups is 2. The molecular formula is C22H21NO4. The number of hydrogen-bond donors (Lipinski definition) is 1. The Morgan fingerprint density at radius 1 is 1.19 bits per heavy atom.